The first-order chi connectivity index (χ1) is 14.3. The molecular weight excluding hydrogens is 382 g/mol. The van der Waals surface area contributed by atoms with Crippen molar-refractivity contribution in [3.05, 3.63) is 39.7 Å². The van der Waals surface area contributed by atoms with Crippen LogP contribution >= 0.6 is 0 Å². The molecule has 30 heavy (non-hydrogen) atoms. The topological polar surface area (TPSA) is 80.0 Å². The van der Waals surface area contributed by atoms with Gasteiger partial charge in [0.05, 0.1) is 11.0 Å². The Hall–Kier alpha value is -2.34. The minimum Gasteiger partial charge on any atom is -0.480 e. The molecule has 2 fully saturated rings. The minimum atomic E-state index is -0.665. The molecule has 0 unspecified atom stereocenters. The number of rotatable bonds is 4. The molecule has 2 aliphatic rings. The van der Waals surface area contributed by atoms with Gasteiger partial charge in [0, 0.05) is 25.1 Å². The predicted octanol–water partition coefficient (Wildman–Crippen LogP) is 3.58. The lowest BCUT2D eigenvalue weighted by atomic mass is 9.71. The second-order valence-corrected chi connectivity index (χ2v) is 8.92. The van der Waals surface area contributed by atoms with Crippen molar-refractivity contribution in [3.8, 4) is 5.75 Å². The van der Waals surface area contributed by atoms with E-state index in [1.807, 2.05) is 30.9 Å². The molecule has 3 atom stereocenters. The molecule has 162 valence electrons. The lowest BCUT2D eigenvalue weighted by molar-refractivity contribution is -0.149. The number of nitrogens with zero attached hydrogens (tertiary/aromatic N) is 1. The molecule has 1 aliphatic carbocycles. The lowest BCUT2D eigenvalue weighted by Gasteiger charge is -2.47. The van der Waals surface area contributed by atoms with Crippen LogP contribution in [-0.2, 0) is 11.2 Å². The molecule has 2 heterocycles. The van der Waals surface area contributed by atoms with E-state index in [0.717, 1.165) is 42.2 Å². The number of amides is 1. The second kappa shape index (κ2) is 8.06. The smallest absolute Gasteiger partial charge is 0.336 e. The van der Waals surface area contributed by atoms with E-state index in [1.165, 1.54) is 6.07 Å². The number of hydrogen-bond donors (Lipinski definition) is 1. The molecule has 1 saturated heterocycles. The highest BCUT2D eigenvalue weighted by molar-refractivity contribution is 5.88. The summed E-state index contributed by atoms with van der Waals surface area (Å²) in [5.41, 5.74) is 1.24. The van der Waals surface area contributed by atoms with Crippen LogP contribution in [0.5, 0.6) is 5.75 Å². The third-order valence-electron chi connectivity index (χ3n) is 6.81. The largest absolute Gasteiger partial charge is 0.480 e. The van der Waals surface area contributed by atoms with E-state index in [0.29, 0.717) is 37.3 Å². The van der Waals surface area contributed by atoms with Gasteiger partial charge in [0.15, 0.2) is 6.10 Å². The van der Waals surface area contributed by atoms with E-state index in [9.17, 15) is 14.7 Å². The van der Waals surface area contributed by atoms with Gasteiger partial charge in [-0.3, -0.25) is 4.79 Å². The Bertz CT molecular complexity index is 1010. The molecule has 0 bridgehead atoms. The Morgan fingerprint density at radius 3 is 2.90 bits per heavy atom. The van der Waals surface area contributed by atoms with Crippen LogP contribution in [0.1, 0.15) is 57.1 Å². The number of carbonyl (C=O) groups is 1. The first-order valence-electron chi connectivity index (χ1n) is 11.1. The van der Waals surface area contributed by atoms with Gasteiger partial charge in [-0.2, -0.15) is 0 Å². The van der Waals surface area contributed by atoms with Crippen LogP contribution in [0.3, 0.4) is 0 Å². The van der Waals surface area contributed by atoms with Gasteiger partial charge < -0.3 is 19.2 Å². The van der Waals surface area contributed by atoms with Gasteiger partial charge in [-0.1, -0.05) is 19.8 Å². The van der Waals surface area contributed by atoms with Crippen molar-refractivity contribution >= 4 is 16.9 Å². The van der Waals surface area contributed by atoms with Crippen LogP contribution in [0, 0.1) is 12.8 Å². The van der Waals surface area contributed by atoms with E-state index in [-0.39, 0.29) is 17.5 Å². The lowest BCUT2D eigenvalue weighted by Crippen LogP contribution is -2.56. The fourth-order valence-corrected chi connectivity index (χ4v) is 5.11. The molecule has 2 aromatic rings. The van der Waals surface area contributed by atoms with Gasteiger partial charge in [-0.25, -0.2) is 4.79 Å². The van der Waals surface area contributed by atoms with E-state index >= 15 is 0 Å². The van der Waals surface area contributed by atoms with Crippen LogP contribution in [0.15, 0.2) is 27.4 Å². The molecule has 1 N–H and O–H groups in total. The average molecular weight is 414 g/mol. The van der Waals surface area contributed by atoms with E-state index in [1.54, 1.807) is 6.92 Å². The summed E-state index contributed by atoms with van der Waals surface area (Å²) in [6.45, 7) is 6.80. The Morgan fingerprint density at radius 2 is 2.13 bits per heavy atom. The summed E-state index contributed by atoms with van der Waals surface area (Å²) in [6.07, 6.45) is 4.62. The summed E-state index contributed by atoms with van der Waals surface area (Å²) >= 11 is 0. The average Bonchev–Trinajstić information content (AvgIpc) is 2.71. The number of likely N-dealkylation sites (tertiary alicyclic amines) is 1. The number of benzene rings is 1. The fraction of sp³-hybridized carbons (Fsp3) is 0.583. The predicted molar refractivity (Wildman–Crippen MR) is 115 cm³/mol. The number of aryl methyl sites for hydroxylation is 2. The maximum atomic E-state index is 13.2. The molecule has 1 aromatic heterocycles. The van der Waals surface area contributed by atoms with Gasteiger partial charge in [0.2, 0.25) is 0 Å². The third kappa shape index (κ3) is 3.85. The number of ether oxygens (including phenoxy) is 1. The SMILES string of the molecule is CCc1cc(=O)oc2cc(C)cc(O[C@@H](C)C(=O)N3CC[C@]4(O)CCCC[C@H]4C3)c12. The Morgan fingerprint density at radius 1 is 1.33 bits per heavy atom. The number of fused-ring (bicyclic) bond motifs is 2. The van der Waals surface area contributed by atoms with Gasteiger partial charge in [0.25, 0.3) is 5.91 Å². The van der Waals surface area contributed by atoms with Gasteiger partial charge in [-0.15, -0.1) is 0 Å². The van der Waals surface area contributed by atoms with E-state index in [4.69, 9.17) is 9.15 Å². The quantitative estimate of drug-likeness (QED) is 0.775. The Labute approximate surface area is 176 Å². The Balaban J connectivity index is 1.56. The van der Waals surface area contributed by atoms with Crippen molar-refractivity contribution in [2.24, 2.45) is 5.92 Å². The molecule has 6 heteroatoms. The van der Waals surface area contributed by atoms with Crippen molar-refractivity contribution in [1.82, 2.24) is 4.90 Å². The van der Waals surface area contributed by atoms with Crippen molar-refractivity contribution in [3.63, 3.8) is 0 Å². The number of piperidine rings is 1. The summed E-state index contributed by atoms with van der Waals surface area (Å²) in [5.74, 6) is 0.655. The molecule has 1 saturated carbocycles. The van der Waals surface area contributed by atoms with Crippen LogP contribution in [0.25, 0.3) is 11.0 Å². The number of aliphatic hydroxyl groups is 1. The van der Waals surface area contributed by atoms with Crippen LogP contribution < -0.4 is 10.4 Å². The fourth-order valence-electron chi connectivity index (χ4n) is 5.11. The standard InChI is InChI=1S/C24H31NO5/c1-4-17-13-21(26)30-20-12-15(2)11-19(22(17)20)29-16(3)23(27)25-10-9-24(28)8-6-5-7-18(24)14-25/h11-13,16,18,28H,4-10,14H2,1-3H3/t16-,18-,24+/m0/s1. The highest BCUT2D eigenvalue weighted by Gasteiger charge is 2.44. The zero-order valence-corrected chi connectivity index (χ0v) is 18.1. The first-order valence-corrected chi connectivity index (χ1v) is 11.1. The van der Waals surface area contributed by atoms with E-state index in [2.05, 4.69) is 0 Å². The normalized spacial score (nSPS) is 25.1. The van der Waals surface area contributed by atoms with Crippen molar-refractivity contribution in [2.75, 3.05) is 13.1 Å². The molecule has 1 amide bonds. The van der Waals surface area contributed by atoms with Gasteiger partial charge in [0.1, 0.15) is 11.3 Å². The molecule has 1 aliphatic heterocycles. The highest BCUT2D eigenvalue weighted by atomic mass is 16.5. The van der Waals surface area contributed by atoms with Crippen molar-refractivity contribution in [1.29, 1.82) is 0 Å². The van der Waals surface area contributed by atoms with Crippen LogP contribution in [0.2, 0.25) is 0 Å². The monoisotopic (exact) mass is 413 g/mol. The summed E-state index contributed by atoms with van der Waals surface area (Å²) in [6, 6.07) is 5.21. The minimum absolute atomic E-state index is 0.0623. The summed E-state index contributed by atoms with van der Waals surface area (Å²) in [4.78, 5) is 26.9. The number of hydrogen-bond acceptors (Lipinski definition) is 5. The third-order valence-corrected chi connectivity index (χ3v) is 6.81. The van der Waals surface area contributed by atoms with Crippen LogP contribution in [-0.4, -0.2) is 40.7 Å². The Kier molecular flexibility index (Phi) is 5.62. The first kappa shape index (κ1) is 20.9. The molecule has 4 rings (SSSR count). The van der Waals surface area contributed by atoms with E-state index < -0.39 is 11.7 Å². The van der Waals surface area contributed by atoms with Gasteiger partial charge >= 0.3 is 5.63 Å². The van der Waals surface area contributed by atoms with Crippen LogP contribution in [0.4, 0.5) is 0 Å². The highest BCUT2D eigenvalue weighted by Crippen LogP contribution is 2.40. The number of carbonyl (C=O) groups excluding carboxylic acids is 1. The maximum Gasteiger partial charge on any atom is 0.336 e. The van der Waals surface area contributed by atoms with Crippen molar-refractivity contribution < 1.29 is 19.1 Å². The van der Waals surface area contributed by atoms with Gasteiger partial charge in [-0.05, 0) is 62.8 Å². The molecular formula is C24H31NO5. The summed E-state index contributed by atoms with van der Waals surface area (Å²) in [5, 5.41) is 11.6. The summed E-state index contributed by atoms with van der Waals surface area (Å²) < 4.78 is 11.5. The molecule has 0 radical (unpaired) electrons. The molecule has 0 spiro atoms. The molecule has 1 aromatic carbocycles. The zero-order valence-electron chi connectivity index (χ0n) is 18.1. The summed E-state index contributed by atoms with van der Waals surface area (Å²) in [7, 11) is 0. The second-order valence-electron chi connectivity index (χ2n) is 8.92. The van der Waals surface area contributed by atoms with Crippen molar-refractivity contribution in [2.45, 2.75) is 71.0 Å². The molecule has 6 nitrogen and oxygen atoms in total. The zero-order chi connectivity index (χ0) is 21.5. The maximum absolute atomic E-state index is 13.2.